The lowest BCUT2D eigenvalue weighted by Crippen LogP contribution is -2.26. The molecule has 5 aromatic carbocycles. The first kappa shape index (κ1) is 32.3. The number of nitrogens with zero attached hydrogens (tertiary/aromatic N) is 3. The molecule has 0 amide bonds. The Labute approximate surface area is 285 Å². The topological polar surface area (TPSA) is 38.7 Å². The fourth-order valence-electron chi connectivity index (χ4n) is 6.46. The maximum atomic E-state index is 4.93. The van der Waals surface area contributed by atoms with Gasteiger partial charge in [-0.3, -0.25) is 0 Å². The Balaban J connectivity index is 1.32. The lowest BCUT2D eigenvalue weighted by Gasteiger charge is -2.33. The molecule has 0 saturated heterocycles. The second kappa shape index (κ2) is 14.8. The van der Waals surface area contributed by atoms with Crippen molar-refractivity contribution in [1.29, 1.82) is 0 Å². The Morgan fingerprint density at radius 1 is 0.542 bits per heavy atom. The van der Waals surface area contributed by atoms with E-state index in [0.717, 1.165) is 35.1 Å². The maximum absolute atomic E-state index is 4.93. The van der Waals surface area contributed by atoms with E-state index in [0.29, 0.717) is 17.5 Å². The highest BCUT2D eigenvalue weighted by Crippen LogP contribution is 2.40. The Morgan fingerprint density at radius 3 is 1.40 bits per heavy atom. The molecule has 0 radical (unpaired) electrons. The number of hydrogen-bond acceptors (Lipinski definition) is 3. The van der Waals surface area contributed by atoms with Gasteiger partial charge in [0.1, 0.15) is 0 Å². The normalized spacial score (nSPS) is 12.1. The van der Waals surface area contributed by atoms with E-state index in [1.165, 1.54) is 27.8 Å². The lowest BCUT2D eigenvalue weighted by molar-refractivity contribution is 0.478. The molecule has 3 nitrogen and oxygen atoms in total. The number of allylic oxidation sites excluding steroid dienone is 5. The van der Waals surface area contributed by atoms with Gasteiger partial charge >= 0.3 is 0 Å². The van der Waals surface area contributed by atoms with Crippen LogP contribution in [-0.2, 0) is 5.41 Å². The van der Waals surface area contributed by atoms with Gasteiger partial charge < -0.3 is 0 Å². The smallest absolute Gasteiger partial charge is 0.164 e. The summed E-state index contributed by atoms with van der Waals surface area (Å²) in [5.41, 5.74) is 10.1. The van der Waals surface area contributed by atoms with Crippen LogP contribution in [0.2, 0.25) is 0 Å². The van der Waals surface area contributed by atoms with E-state index >= 15 is 0 Å². The van der Waals surface area contributed by atoms with Crippen LogP contribution in [0.15, 0.2) is 164 Å². The van der Waals surface area contributed by atoms with Crippen molar-refractivity contribution >= 4 is 11.1 Å². The van der Waals surface area contributed by atoms with Crippen molar-refractivity contribution < 1.29 is 0 Å². The van der Waals surface area contributed by atoms with E-state index in [1.54, 1.807) is 0 Å². The van der Waals surface area contributed by atoms with Crippen molar-refractivity contribution in [2.75, 3.05) is 0 Å². The lowest BCUT2D eigenvalue weighted by atomic mass is 9.70. The highest BCUT2D eigenvalue weighted by atomic mass is 15.0. The Bertz CT molecular complexity index is 1960. The first-order valence-electron chi connectivity index (χ1n) is 16.7. The van der Waals surface area contributed by atoms with Gasteiger partial charge in [-0.05, 0) is 53.2 Å². The molecule has 0 bridgehead atoms. The summed E-state index contributed by atoms with van der Waals surface area (Å²) in [5, 5.41) is 0. The van der Waals surface area contributed by atoms with Crippen LogP contribution in [0.25, 0.3) is 45.3 Å². The predicted molar refractivity (Wildman–Crippen MR) is 202 cm³/mol. The van der Waals surface area contributed by atoms with Crippen molar-refractivity contribution in [2.45, 2.75) is 39.0 Å². The Kier molecular flexibility index (Phi) is 9.97. The Morgan fingerprint density at radius 2 is 0.958 bits per heavy atom. The van der Waals surface area contributed by atoms with E-state index in [4.69, 9.17) is 15.0 Å². The average Bonchev–Trinajstić information content (AvgIpc) is 3.17. The first-order valence-corrected chi connectivity index (χ1v) is 16.7. The van der Waals surface area contributed by atoms with Gasteiger partial charge in [0.15, 0.2) is 17.5 Å². The molecule has 6 aromatic rings. The van der Waals surface area contributed by atoms with Crippen LogP contribution in [-0.4, -0.2) is 15.0 Å². The molecule has 0 aliphatic heterocycles. The molecule has 1 aromatic heterocycles. The third-order valence-electron chi connectivity index (χ3n) is 9.27. The Hall–Kier alpha value is -5.67. The molecule has 236 valence electrons. The standard InChI is InChI=1S/C45H41N3/c1-5-17-39(35-18-11-8-12-19-35)32-33(4)34-24-28-40(29-25-34)45(6-2,7-3)41-30-26-38(27-31-41)44-47-42(36-20-13-9-14-21-36)46-43(48-44)37-22-15-10-16-23-37/h5,8-32H,1,6-7H2,2-4H3/b33-32+,39-17+. The van der Waals surface area contributed by atoms with Crippen molar-refractivity contribution in [2.24, 2.45) is 0 Å². The third-order valence-corrected chi connectivity index (χ3v) is 9.27. The molecule has 0 unspecified atom stereocenters. The highest BCUT2D eigenvalue weighted by Gasteiger charge is 2.30. The zero-order valence-electron chi connectivity index (χ0n) is 28.0. The summed E-state index contributed by atoms with van der Waals surface area (Å²) in [5.74, 6) is 2.00. The van der Waals surface area contributed by atoms with Crippen LogP contribution in [0.3, 0.4) is 0 Å². The molecule has 0 atom stereocenters. The van der Waals surface area contributed by atoms with Crippen LogP contribution in [0.1, 0.15) is 55.9 Å². The molecule has 1 heterocycles. The van der Waals surface area contributed by atoms with E-state index < -0.39 is 0 Å². The largest absolute Gasteiger partial charge is 0.208 e. The van der Waals surface area contributed by atoms with Crippen LogP contribution in [0.5, 0.6) is 0 Å². The van der Waals surface area contributed by atoms with Crippen molar-refractivity contribution in [1.82, 2.24) is 15.0 Å². The fourth-order valence-corrected chi connectivity index (χ4v) is 6.46. The minimum Gasteiger partial charge on any atom is -0.208 e. The summed E-state index contributed by atoms with van der Waals surface area (Å²) in [6.45, 7) is 10.7. The molecular weight excluding hydrogens is 583 g/mol. The molecule has 0 fully saturated rings. The summed E-state index contributed by atoms with van der Waals surface area (Å²) in [7, 11) is 0. The minimum atomic E-state index is -0.115. The number of aromatic nitrogens is 3. The molecular formula is C45H41N3. The average molecular weight is 624 g/mol. The number of rotatable bonds is 11. The fraction of sp³-hybridized carbons (Fsp3) is 0.133. The van der Waals surface area contributed by atoms with Gasteiger partial charge in [-0.2, -0.15) is 0 Å². The molecule has 0 saturated carbocycles. The van der Waals surface area contributed by atoms with Crippen LogP contribution in [0, 0.1) is 0 Å². The van der Waals surface area contributed by atoms with Crippen molar-refractivity contribution in [3.8, 4) is 34.2 Å². The van der Waals surface area contributed by atoms with Crippen LogP contribution in [0.4, 0.5) is 0 Å². The number of benzene rings is 5. The quantitative estimate of drug-likeness (QED) is 0.135. The van der Waals surface area contributed by atoms with E-state index in [1.807, 2.05) is 72.8 Å². The zero-order chi connectivity index (χ0) is 33.3. The minimum absolute atomic E-state index is 0.115. The summed E-state index contributed by atoms with van der Waals surface area (Å²) in [6.07, 6.45) is 8.13. The SMILES string of the molecule is C=C/C=C(\C=C(/C)c1ccc(C(CC)(CC)c2ccc(-c3nc(-c4ccccc4)nc(-c4ccccc4)n3)cc2)cc1)c1ccccc1. The van der Waals surface area contributed by atoms with Gasteiger partial charge in [0.05, 0.1) is 0 Å². The van der Waals surface area contributed by atoms with E-state index in [2.05, 4.69) is 112 Å². The summed E-state index contributed by atoms with van der Waals surface area (Å²) in [6, 6.07) is 48.6. The maximum Gasteiger partial charge on any atom is 0.164 e. The molecule has 6 rings (SSSR count). The van der Waals surface area contributed by atoms with Crippen LogP contribution >= 0.6 is 0 Å². The van der Waals surface area contributed by atoms with E-state index in [-0.39, 0.29) is 5.41 Å². The molecule has 48 heavy (non-hydrogen) atoms. The van der Waals surface area contributed by atoms with Crippen molar-refractivity contribution in [3.63, 3.8) is 0 Å². The molecule has 0 aliphatic carbocycles. The van der Waals surface area contributed by atoms with Crippen LogP contribution < -0.4 is 0 Å². The monoisotopic (exact) mass is 623 g/mol. The summed E-state index contributed by atoms with van der Waals surface area (Å²) >= 11 is 0. The van der Waals surface area contributed by atoms with E-state index in [9.17, 15) is 0 Å². The highest BCUT2D eigenvalue weighted by molar-refractivity contribution is 5.84. The predicted octanol–water partition coefficient (Wildman–Crippen LogP) is 11.7. The van der Waals surface area contributed by atoms with Gasteiger partial charge in [0, 0.05) is 22.1 Å². The summed E-state index contributed by atoms with van der Waals surface area (Å²) in [4.78, 5) is 14.7. The zero-order valence-corrected chi connectivity index (χ0v) is 28.0. The van der Waals surface area contributed by atoms with Gasteiger partial charge in [-0.15, -0.1) is 0 Å². The first-order chi connectivity index (χ1) is 23.5. The van der Waals surface area contributed by atoms with Crippen molar-refractivity contribution in [3.05, 3.63) is 187 Å². The second-order valence-corrected chi connectivity index (χ2v) is 12.0. The second-order valence-electron chi connectivity index (χ2n) is 12.0. The molecule has 3 heteroatoms. The summed E-state index contributed by atoms with van der Waals surface area (Å²) < 4.78 is 0. The number of hydrogen-bond donors (Lipinski definition) is 0. The van der Waals surface area contributed by atoms with Gasteiger partial charge in [0.2, 0.25) is 0 Å². The van der Waals surface area contributed by atoms with Gasteiger partial charge in [-0.1, -0.05) is 178 Å². The van der Waals surface area contributed by atoms with Gasteiger partial charge in [-0.25, -0.2) is 15.0 Å². The molecule has 0 spiro atoms. The molecule has 0 N–H and O–H groups in total. The van der Waals surface area contributed by atoms with Gasteiger partial charge in [0.25, 0.3) is 0 Å². The third kappa shape index (κ3) is 6.86. The molecule has 0 aliphatic rings.